The molecule has 3 N–H and O–H groups in total. The summed E-state index contributed by atoms with van der Waals surface area (Å²) in [6.45, 7) is 0.0183. The summed E-state index contributed by atoms with van der Waals surface area (Å²) in [6, 6.07) is 4.28. The van der Waals surface area contributed by atoms with Gasteiger partial charge in [-0.05, 0) is 11.4 Å². The van der Waals surface area contributed by atoms with E-state index in [2.05, 4.69) is 39.4 Å². The van der Waals surface area contributed by atoms with Crippen molar-refractivity contribution in [1.29, 1.82) is 0 Å². The quantitative estimate of drug-likeness (QED) is 0.370. The van der Waals surface area contributed by atoms with Gasteiger partial charge in [0.2, 0.25) is 16.9 Å². The lowest BCUT2D eigenvalue weighted by Gasteiger charge is -2.04. The fourth-order valence-corrected chi connectivity index (χ4v) is 3.97. The normalized spacial score (nSPS) is 14.0. The number of hydrogen-bond acceptors (Lipinski definition) is 10. The highest BCUT2D eigenvalue weighted by molar-refractivity contribution is 7.09. The number of nitrogens with one attached hydrogen (secondary N) is 3. The average Bonchev–Trinajstić information content (AvgIpc) is 3.48. The molecule has 0 saturated heterocycles. The molecule has 5 rings (SSSR count). The van der Waals surface area contributed by atoms with Crippen molar-refractivity contribution in [3.63, 3.8) is 0 Å². The molecule has 0 aliphatic carbocycles. The van der Waals surface area contributed by atoms with Crippen molar-refractivity contribution in [2.45, 2.75) is 6.29 Å². The van der Waals surface area contributed by atoms with Gasteiger partial charge in [-0.2, -0.15) is 20.7 Å². The minimum atomic E-state index is -3.73. The van der Waals surface area contributed by atoms with Crippen LogP contribution in [0.1, 0.15) is 21.0 Å². The number of aromatic amines is 1. The third-order valence-electron chi connectivity index (χ3n) is 4.11. The molecule has 1 amide bonds. The topological polar surface area (TPSA) is 131 Å². The number of ether oxygens (including phenoxy) is 2. The Balaban J connectivity index is 1.24. The van der Waals surface area contributed by atoms with Gasteiger partial charge in [-0.3, -0.25) is 14.9 Å². The SMILES string of the molecule is O=C(CNc1nc(C(=O)Nc2nc3cc4c(cc3[nH]2)OC(F)(F)O4)ns1)c1ccsc1. The van der Waals surface area contributed by atoms with E-state index in [4.69, 9.17) is 0 Å². The summed E-state index contributed by atoms with van der Waals surface area (Å²) in [5.41, 5.74) is 1.24. The van der Waals surface area contributed by atoms with Crippen LogP contribution in [-0.4, -0.2) is 43.9 Å². The summed E-state index contributed by atoms with van der Waals surface area (Å²) >= 11 is 2.35. The van der Waals surface area contributed by atoms with Crippen LogP contribution in [0.5, 0.6) is 11.5 Å². The van der Waals surface area contributed by atoms with Gasteiger partial charge >= 0.3 is 6.29 Å². The highest BCUT2D eigenvalue weighted by Gasteiger charge is 2.43. The zero-order valence-corrected chi connectivity index (χ0v) is 16.8. The summed E-state index contributed by atoms with van der Waals surface area (Å²) in [4.78, 5) is 35.3. The zero-order chi connectivity index (χ0) is 21.6. The number of hydrogen-bond donors (Lipinski definition) is 3. The van der Waals surface area contributed by atoms with Crippen LogP contribution < -0.4 is 20.1 Å². The second-order valence-electron chi connectivity index (χ2n) is 6.24. The van der Waals surface area contributed by atoms with Crippen LogP contribution in [0.25, 0.3) is 11.0 Å². The third-order valence-corrected chi connectivity index (χ3v) is 5.47. The van der Waals surface area contributed by atoms with Crippen LogP contribution in [0.15, 0.2) is 29.0 Å². The molecule has 0 radical (unpaired) electrons. The highest BCUT2D eigenvalue weighted by Crippen LogP contribution is 2.42. The van der Waals surface area contributed by atoms with E-state index in [-0.39, 0.29) is 41.1 Å². The molecule has 1 aliphatic rings. The van der Waals surface area contributed by atoms with Crippen LogP contribution in [0.4, 0.5) is 19.9 Å². The molecule has 0 fully saturated rings. The van der Waals surface area contributed by atoms with Crippen molar-refractivity contribution >= 4 is 56.7 Å². The first-order valence-electron chi connectivity index (χ1n) is 8.60. The standard InChI is InChI=1S/C17H10F2N6O4S2/c18-17(19)28-11-3-8-9(4-12(11)29-17)22-15(21-8)24-14(27)13-23-16(31-25-13)20-5-10(26)7-1-2-30-6-7/h1-4,6H,5H2,(H,20,23,25)(H2,21,22,24,27). The minimum absolute atomic E-state index is 0.0183. The van der Waals surface area contributed by atoms with Crippen LogP contribution in [0.3, 0.4) is 0 Å². The van der Waals surface area contributed by atoms with Gasteiger partial charge in [0.1, 0.15) is 0 Å². The first kappa shape index (κ1) is 19.3. The second kappa shape index (κ2) is 7.24. The molecule has 158 valence electrons. The Morgan fingerprint density at radius 1 is 1.19 bits per heavy atom. The van der Waals surface area contributed by atoms with E-state index in [1.807, 2.05) is 5.38 Å². The maximum atomic E-state index is 13.1. The van der Waals surface area contributed by atoms with Gasteiger partial charge in [0, 0.05) is 34.6 Å². The number of amides is 1. The monoisotopic (exact) mass is 464 g/mol. The Hall–Kier alpha value is -3.65. The number of ketones is 1. The number of H-pyrrole nitrogens is 1. The lowest BCUT2D eigenvalue weighted by atomic mass is 10.2. The van der Waals surface area contributed by atoms with Crippen molar-refractivity contribution in [1.82, 2.24) is 19.3 Å². The zero-order valence-electron chi connectivity index (χ0n) is 15.1. The van der Waals surface area contributed by atoms with E-state index in [1.54, 1.807) is 11.4 Å². The number of rotatable bonds is 6. The van der Waals surface area contributed by atoms with Crippen LogP contribution in [-0.2, 0) is 0 Å². The Bertz CT molecular complexity index is 1260. The van der Waals surface area contributed by atoms with Crippen LogP contribution >= 0.6 is 22.9 Å². The molecule has 0 saturated carbocycles. The number of carbonyl (C=O) groups is 2. The van der Waals surface area contributed by atoms with Crippen molar-refractivity contribution in [2.24, 2.45) is 0 Å². The summed E-state index contributed by atoms with van der Waals surface area (Å²) in [6.07, 6.45) is -3.73. The number of carbonyl (C=O) groups excluding carboxylic acids is 2. The largest absolute Gasteiger partial charge is 0.586 e. The summed E-state index contributed by atoms with van der Waals surface area (Å²) in [5, 5.41) is 9.19. The number of benzene rings is 1. The number of thiophene rings is 1. The molecular weight excluding hydrogens is 454 g/mol. The summed E-state index contributed by atoms with van der Waals surface area (Å²) in [7, 11) is 0. The van der Waals surface area contributed by atoms with Gasteiger partial charge in [0.25, 0.3) is 5.91 Å². The number of anilines is 2. The Morgan fingerprint density at radius 3 is 2.77 bits per heavy atom. The lowest BCUT2D eigenvalue weighted by Crippen LogP contribution is -2.25. The maximum Gasteiger partial charge on any atom is 0.586 e. The van der Waals surface area contributed by atoms with Gasteiger partial charge in [0.05, 0.1) is 17.6 Å². The van der Waals surface area contributed by atoms with Gasteiger partial charge in [-0.25, -0.2) is 4.98 Å². The smallest absolute Gasteiger partial charge is 0.395 e. The van der Waals surface area contributed by atoms with Crippen molar-refractivity contribution in [2.75, 3.05) is 17.2 Å². The van der Waals surface area contributed by atoms with Gasteiger partial charge < -0.3 is 19.8 Å². The van der Waals surface area contributed by atoms with E-state index in [0.717, 1.165) is 11.5 Å². The average molecular weight is 464 g/mol. The second-order valence-corrected chi connectivity index (χ2v) is 7.77. The Kier molecular flexibility index (Phi) is 4.51. The molecular formula is C17H10F2N6O4S2. The van der Waals surface area contributed by atoms with E-state index >= 15 is 0 Å². The van der Waals surface area contributed by atoms with Crippen molar-refractivity contribution < 1.29 is 27.8 Å². The highest BCUT2D eigenvalue weighted by atomic mass is 32.1. The van der Waals surface area contributed by atoms with Gasteiger partial charge in [-0.1, -0.05) is 0 Å². The Labute approximate surface area is 179 Å². The van der Waals surface area contributed by atoms with E-state index in [0.29, 0.717) is 16.2 Å². The number of imidazole rings is 1. The fraction of sp³-hybridized carbons (Fsp3) is 0.118. The van der Waals surface area contributed by atoms with E-state index in [1.165, 1.54) is 23.5 Å². The molecule has 3 aromatic heterocycles. The number of nitrogens with zero attached hydrogens (tertiary/aromatic N) is 3. The molecule has 0 spiro atoms. The molecule has 4 aromatic rings. The van der Waals surface area contributed by atoms with Crippen LogP contribution in [0.2, 0.25) is 0 Å². The number of Topliss-reactive ketones (excluding diaryl/α,β-unsaturated/α-hetero) is 1. The first-order chi connectivity index (χ1) is 14.9. The minimum Gasteiger partial charge on any atom is -0.395 e. The lowest BCUT2D eigenvalue weighted by molar-refractivity contribution is -0.286. The number of fused-ring (bicyclic) bond motifs is 2. The van der Waals surface area contributed by atoms with Crippen LogP contribution in [0, 0.1) is 0 Å². The predicted molar refractivity (Wildman–Crippen MR) is 107 cm³/mol. The number of aromatic nitrogens is 4. The van der Waals surface area contributed by atoms with E-state index in [9.17, 15) is 18.4 Å². The maximum absolute atomic E-state index is 13.1. The molecule has 0 unspecified atom stereocenters. The van der Waals surface area contributed by atoms with E-state index < -0.39 is 12.2 Å². The summed E-state index contributed by atoms with van der Waals surface area (Å²) < 4.78 is 39.0. The third kappa shape index (κ3) is 3.89. The summed E-state index contributed by atoms with van der Waals surface area (Å²) in [5.74, 6) is -1.11. The van der Waals surface area contributed by atoms with Gasteiger partial charge in [-0.15, -0.1) is 8.78 Å². The van der Waals surface area contributed by atoms with Crippen molar-refractivity contribution in [3.05, 3.63) is 40.3 Å². The fourth-order valence-electron chi connectivity index (χ4n) is 2.75. The number of halogens is 2. The Morgan fingerprint density at radius 2 is 2.00 bits per heavy atom. The molecule has 0 atom stereocenters. The van der Waals surface area contributed by atoms with Gasteiger partial charge in [0.15, 0.2) is 17.3 Å². The van der Waals surface area contributed by atoms with Crippen molar-refractivity contribution in [3.8, 4) is 11.5 Å². The molecule has 10 nitrogen and oxygen atoms in total. The first-order valence-corrected chi connectivity index (χ1v) is 10.3. The predicted octanol–water partition coefficient (Wildman–Crippen LogP) is 3.34. The molecule has 4 heterocycles. The molecule has 31 heavy (non-hydrogen) atoms. The molecule has 0 bridgehead atoms. The molecule has 1 aliphatic heterocycles. The number of alkyl halides is 2. The molecule has 1 aromatic carbocycles. The molecule has 14 heteroatoms.